The zero-order chi connectivity index (χ0) is 20.5. The Kier molecular flexibility index (Phi) is 5.22. The van der Waals surface area contributed by atoms with Gasteiger partial charge in [0.25, 0.3) is 0 Å². The largest absolute Gasteiger partial charge is 0.318 e. The van der Waals surface area contributed by atoms with Crippen molar-refractivity contribution in [2.24, 2.45) is 0 Å². The molecule has 0 fully saturated rings. The summed E-state index contributed by atoms with van der Waals surface area (Å²) < 4.78 is 1.97. The molecule has 0 saturated heterocycles. The summed E-state index contributed by atoms with van der Waals surface area (Å²) in [5.74, 6) is 0.390. The first-order chi connectivity index (χ1) is 13.9. The van der Waals surface area contributed by atoms with Crippen LogP contribution in [0.4, 0.5) is 0 Å². The molecule has 0 amide bonds. The zero-order valence-electron chi connectivity index (χ0n) is 15.8. The highest BCUT2D eigenvalue weighted by Gasteiger charge is 2.19. The van der Waals surface area contributed by atoms with Gasteiger partial charge in [-0.25, -0.2) is 0 Å². The van der Waals surface area contributed by atoms with Gasteiger partial charge in [0.1, 0.15) is 6.54 Å². The number of aromatic nitrogens is 5. The van der Waals surface area contributed by atoms with E-state index in [-0.39, 0.29) is 12.3 Å². The van der Waals surface area contributed by atoms with Crippen LogP contribution in [0.15, 0.2) is 54.6 Å². The van der Waals surface area contributed by atoms with Gasteiger partial charge in [-0.1, -0.05) is 53.5 Å². The van der Waals surface area contributed by atoms with E-state index in [0.717, 1.165) is 22.6 Å². The number of Topliss-reactive ketones (excluding diaryl/α,β-unsaturated/α-hetero) is 1. The van der Waals surface area contributed by atoms with Crippen molar-refractivity contribution in [3.8, 4) is 17.1 Å². The molecule has 8 heteroatoms. The Bertz CT molecular complexity index is 1200. The highest BCUT2D eigenvalue weighted by Crippen LogP contribution is 2.28. The molecule has 0 aliphatic heterocycles. The first-order valence-corrected chi connectivity index (χ1v) is 9.70. The van der Waals surface area contributed by atoms with Crippen LogP contribution >= 0.6 is 23.2 Å². The molecule has 2 aromatic carbocycles. The summed E-state index contributed by atoms with van der Waals surface area (Å²) >= 11 is 12.2. The molecule has 6 nitrogen and oxygen atoms in total. The number of hydrogen-bond donors (Lipinski definition) is 0. The van der Waals surface area contributed by atoms with Crippen LogP contribution in [0, 0.1) is 13.8 Å². The van der Waals surface area contributed by atoms with Crippen LogP contribution in [0.25, 0.3) is 17.1 Å². The maximum Gasteiger partial charge on any atom is 0.204 e. The fourth-order valence-electron chi connectivity index (χ4n) is 3.29. The van der Waals surface area contributed by atoms with E-state index < -0.39 is 0 Å². The van der Waals surface area contributed by atoms with Crippen LogP contribution in [0.5, 0.6) is 0 Å². The van der Waals surface area contributed by atoms with E-state index in [4.69, 9.17) is 23.2 Å². The molecule has 2 aromatic heterocycles. The summed E-state index contributed by atoms with van der Waals surface area (Å²) in [7, 11) is 0. The Morgan fingerprint density at radius 2 is 1.76 bits per heavy atom. The van der Waals surface area contributed by atoms with E-state index in [0.29, 0.717) is 21.4 Å². The number of benzene rings is 2. The maximum absolute atomic E-state index is 12.9. The van der Waals surface area contributed by atoms with E-state index in [1.165, 1.54) is 4.80 Å². The normalized spacial score (nSPS) is 11.0. The Labute approximate surface area is 177 Å². The second-order valence-electron chi connectivity index (χ2n) is 6.65. The monoisotopic (exact) mass is 425 g/mol. The molecule has 29 heavy (non-hydrogen) atoms. The smallest absolute Gasteiger partial charge is 0.204 e. The number of carbonyl (C=O) groups excluding carboxylic acids is 1. The number of aryl methyl sites for hydroxylation is 1. The van der Waals surface area contributed by atoms with Crippen LogP contribution < -0.4 is 0 Å². The number of nitrogens with zero attached hydrogens (tertiary/aromatic N) is 5. The molecule has 4 rings (SSSR count). The summed E-state index contributed by atoms with van der Waals surface area (Å²) in [6.07, 6.45) is 0. The number of rotatable bonds is 5. The molecule has 0 radical (unpaired) electrons. The Morgan fingerprint density at radius 3 is 2.48 bits per heavy atom. The van der Waals surface area contributed by atoms with Gasteiger partial charge >= 0.3 is 0 Å². The third-order valence-electron chi connectivity index (χ3n) is 4.66. The topological polar surface area (TPSA) is 65.6 Å². The molecule has 0 aliphatic rings. The van der Waals surface area contributed by atoms with E-state index in [1.54, 1.807) is 12.1 Å². The van der Waals surface area contributed by atoms with Crippen LogP contribution in [0.3, 0.4) is 0 Å². The van der Waals surface area contributed by atoms with Gasteiger partial charge in [-0.15, -0.1) is 10.2 Å². The quantitative estimate of drug-likeness (QED) is 0.424. The number of tetrazole rings is 1. The zero-order valence-corrected chi connectivity index (χ0v) is 17.3. The Hall–Kier alpha value is -2.96. The maximum atomic E-state index is 12.9. The number of hydrogen-bond acceptors (Lipinski definition) is 4. The van der Waals surface area contributed by atoms with Crippen molar-refractivity contribution in [2.45, 2.75) is 20.4 Å². The lowest BCUT2D eigenvalue weighted by molar-refractivity contribution is 0.0961. The minimum atomic E-state index is -0.0959. The third-order valence-corrected chi connectivity index (χ3v) is 5.40. The summed E-state index contributed by atoms with van der Waals surface area (Å²) in [6, 6.07) is 16.8. The molecule has 0 unspecified atom stereocenters. The van der Waals surface area contributed by atoms with Gasteiger partial charge in [0.05, 0.1) is 10.0 Å². The lowest BCUT2D eigenvalue weighted by Crippen LogP contribution is -2.14. The van der Waals surface area contributed by atoms with Crippen molar-refractivity contribution in [1.29, 1.82) is 0 Å². The Balaban J connectivity index is 1.60. The van der Waals surface area contributed by atoms with Gasteiger partial charge in [-0.05, 0) is 43.3 Å². The van der Waals surface area contributed by atoms with Gasteiger partial charge in [0.15, 0.2) is 5.78 Å². The number of ketones is 1. The molecule has 4 aromatic rings. The number of halogens is 2. The van der Waals surface area contributed by atoms with Crippen LogP contribution in [0.2, 0.25) is 10.0 Å². The van der Waals surface area contributed by atoms with Crippen molar-refractivity contribution in [1.82, 2.24) is 24.8 Å². The first kappa shape index (κ1) is 19.4. The second-order valence-corrected chi connectivity index (χ2v) is 7.47. The highest BCUT2D eigenvalue weighted by molar-refractivity contribution is 6.42. The van der Waals surface area contributed by atoms with Crippen LogP contribution in [-0.4, -0.2) is 30.6 Å². The average molecular weight is 426 g/mol. The van der Waals surface area contributed by atoms with Crippen LogP contribution in [0.1, 0.15) is 21.7 Å². The predicted octanol–water partition coefficient (Wildman–Crippen LogP) is 4.94. The van der Waals surface area contributed by atoms with Crippen molar-refractivity contribution >= 4 is 29.0 Å². The molecule has 0 saturated carbocycles. The van der Waals surface area contributed by atoms with Crippen molar-refractivity contribution in [3.05, 3.63) is 81.6 Å². The molecule has 2 heterocycles. The molecule has 0 bridgehead atoms. The van der Waals surface area contributed by atoms with Crippen molar-refractivity contribution < 1.29 is 4.79 Å². The molecule has 0 atom stereocenters. The van der Waals surface area contributed by atoms with Gasteiger partial charge in [-0.2, -0.15) is 4.80 Å². The van der Waals surface area contributed by atoms with Crippen molar-refractivity contribution in [2.75, 3.05) is 0 Å². The van der Waals surface area contributed by atoms with Crippen molar-refractivity contribution in [3.63, 3.8) is 0 Å². The van der Waals surface area contributed by atoms with Gasteiger partial charge < -0.3 is 4.57 Å². The van der Waals surface area contributed by atoms with E-state index >= 15 is 0 Å². The first-order valence-electron chi connectivity index (χ1n) is 8.95. The summed E-state index contributed by atoms with van der Waals surface area (Å²) in [5.41, 5.74) is 4.03. The summed E-state index contributed by atoms with van der Waals surface area (Å²) in [6.45, 7) is 3.84. The van der Waals surface area contributed by atoms with Gasteiger partial charge in [-0.3, -0.25) is 4.79 Å². The molecule has 0 N–H and O–H groups in total. The summed E-state index contributed by atoms with van der Waals surface area (Å²) in [4.78, 5) is 14.2. The average Bonchev–Trinajstić information content (AvgIpc) is 3.29. The van der Waals surface area contributed by atoms with E-state index in [2.05, 4.69) is 15.4 Å². The van der Waals surface area contributed by atoms with E-state index in [9.17, 15) is 4.79 Å². The predicted molar refractivity (Wildman–Crippen MR) is 113 cm³/mol. The summed E-state index contributed by atoms with van der Waals surface area (Å²) in [5, 5.41) is 13.3. The molecule has 0 spiro atoms. The number of carbonyl (C=O) groups is 1. The molecular formula is C21H17Cl2N5O. The standard InChI is InChI=1S/C21H17Cl2N5O/c1-13-10-17(14(2)28(13)16-8-9-18(22)19(23)11-16)20(29)12-27-25-21(24-26-27)15-6-4-3-5-7-15/h3-11H,12H2,1-2H3. The lowest BCUT2D eigenvalue weighted by atomic mass is 10.1. The highest BCUT2D eigenvalue weighted by atomic mass is 35.5. The minimum absolute atomic E-state index is 0.00546. The second kappa shape index (κ2) is 7.81. The Morgan fingerprint density at radius 1 is 1.00 bits per heavy atom. The third kappa shape index (κ3) is 3.81. The fraction of sp³-hybridized carbons (Fsp3) is 0.143. The van der Waals surface area contributed by atoms with E-state index in [1.807, 2.05) is 60.9 Å². The molecule has 146 valence electrons. The van der Waals surface area contributed by atoms with Crippen LogP contribution in [-0.2, 0) is 6.54 Å². The van der Waals surface area contributed by atoms with Gasteiger partial charge in [0.2, 0.25) is 5.82 Å². The molecule has 0 aliphatic carbocycles. The minimum Gasteiger partial charge on any atom is -0.318 e. The molecular weight excluding hydrogens is 409 g/mol. The van der Waals surface area contributed by atoms with Gasteiger partial charge in [0, 0.05) is 28.2 Å². The SMILES string of the molecule is Cc1cc(C(=O)Cn2nnc(-c3ccccc3)n2)c(C)n1-c1ccc(Cl)c(Cl)c1. The lowest BCUT2D eigenvalue weighted by Gasteiger charge is -2.11. The fourth-order valence-corrected chi connectivity index (χ4v) is 3.59.